The molecule has 8 heteroatoms. The molecule has 3 rings (SSSR count). The molecule has 3 aromatic rings. The Morgan fingerprint density at radius 1 is 1.00 bits per heavy atom. The van der Waals surface area contributed by atoms with Crippen LogP contribution in [0.2, 0.25) is 0 Å². The fraction of sp³-hybridized carbons (Fsp3) is 0.320. The van der Waals surface area contributed by atoms with Crippen molar-refractivity contribution < 1.29 is 38.4 Å². The molecular weight excluding hydrogens is 428 g/mol. The highest BCUT2D eigenvalue weighted by Gasteiger charge is 2.20. The topological polar surface area (TPSA) is 108 Å². The van der Waals surface area contributed by atoms with E-state index in [2.05, 4.69) is 0 Å². The van der Waals surface area contributed by atoms with Gasteiger partial charge in [-0.05, 0) is 35.7 Å². The molecule has 0 aliphatic rings. The van der Waals surface area contributed by atoms with E-state index in [1.54, 1.807) is 18.2 Å². The maximum atomic E-state index is 11.5. The first-order valence-electron chi connectivity index (χ1n) is 10.5. The number of aliphatic hydroxyl groups excluding tert-OH is 1. The lowest BCUT2D eigenvalue weighted by Gasteiger charge is -2.16. The zero-order valence-corrected chi connectivity index (χ0v) is 18.7. The number of carboxylic acid groups (broad SMARTS) is 1. The number of hydrogen-bond acceptors (Lipinski definition) is 7. The zero-order valence-electron chi connectivity index (χ0n) is 18.7. The van der Waals surface area contributed by atoms with Crippen molar-refractivity contribution in [1.29, 1.82) is 0 Å². The van der Waals surface area contributed by atoms with E-state index < -0.39 is 12.1 Å². The minimum atomic E-state index is -1.00. The van der Waals surface area contributed by atoms with Crippen molar-refractivity contribution in [2.75, 3.05) is 27.8 Å². The Labute approximate surface area is 192 Å². The largest absolute Gasteiger partial charge is 0.481 e. The lowest BCUT2D eigenvalue weighted by atomic mass is 10.0. The summed E-state index contributed by atoms with van der Waals surface area (Å²) in [4.78, 5) is 11.5. The number of rotatable bonds is 13. The summed E-state index contributed by atoms with van der Waals surface area (Å²) in [6, 6.07) is 16.3. The molecular formula is C25H28O8. The molecule has 1 atom stereocenters. The Hall–Kier alpha value is -3.33. The average Bonchev–Trinajstić information content (AvgIpc) is 3.28. The number of carboxylic acids is 1. The molecule has 33 heavy (non-hydrogen) atoms. The summed E-state index contributed by atoms with van der Waals surface area (Å²) in [7, 11) is 2.99. The highest BCUT2D eigenvalue weighted by atomic mass is 16.7. The van der Waals surface area contributed by atoms with Crippen LogP contribution < -0.4 is 9.47 Å². The van der Waals surface area contributed by atoms with Crippen LogP contribution in [-0.4, -0.2) is 44.0 Å². The molecule has 0 saturated heterocycles. The number of carbonyl (C=O) groups is 1. The van der Waals surface area contributed by atoms with Gasteiger partial charge in [0.25, 0.3) is 0 Å². The van der Waals surface area contributed by atoms with Crippen molar-refractivity contribution in [3.63, 3.8) is 0 Å². The van der Waals surface area contributed by atoms with Gasteiger partial charge >= 0.3 is 5.97 Å². The van der Waals surface area contributed by atoms with Gasteiger partial charge in [-0.3, -0.25) is 4.79 Å². The van der Waals surface area contributed by atoms with E-state index >= 15 is 0 Å². The molecule has 2 N–H and O–H groups in total. The van der Waals surface area contributed by atoms with E-state index in [0.717, 1.165) is 5.56 Å². The molecule has 1 heterocycles. The van der Waals surface area contributed by atoms with Crippen molar-refractivity contribution in [3.05, 3.63) is 71.5 Å². The standard InChI is InChI=1S/C25H28O8/c1-29-15-31-20-12-18(13-24(27)28)25(23(14-20)32-16-30-2)22-11-9-19(33-22)8-10-21(26)17-6-4-3-5-7-17/h3-7,9,11-12,14,21,26H,8,10,13,15-16H2,1-2H3,(H,27,28). The van der Waals surface area contributed by atoms with Crippen molar-refractivity contribution in [2.45, 2.75) is 25.4 Å². The molecule has 0 bridgehead atoms. The van der Waals surface area contributed by atoms with Crippen LogP contribution in [0.4, 0.5) is 0 Å². The van der Waals surface area contributed by atoms with Gasteiger partial charge in [0.2, 0.25) is 0 Å². The van der Waals surface area contributed by atoms with E-state index in [-0.39, 0.29) is 20.0 Å². The summed E-state index contributed by atoms with van der Waals surface area (Å²) in [5.41, 5.74) is 1.82. The fourth-order valence-corrected chi connectivity index (χ4v) is 3.44. The summed E-state index contributed by atoms with van der Waals surface area (Å²) in [5.74, 6) is 0.890. The number of ether oxygens (including phenoxy) is 4. The fourth-order valence-electron chi connectivity index (χ4n) is 3.44. The number of hydrogen-bond donors (Lipinski definition) is 2. The van der Waals surface area contributed by atoms with Gasteiger partial charge in [-0.2, -0.15) is 0 Å². The second kappa shape index (κ2) is 12.1. The monoisotopic (exact) mass is 456 g/mol. The number of benzene rings is 2. The molecule has 1 aromatic heterocycles. The Balaban J connectivity index is 1.88. The maximum absolute atomic E-state index is 11.5. The number of furan rings is 1. The third-order valence-corrected chi connectivity index (χ3v) is 4.93. The Kier molecular flexibility index (Phi) is 8.88. The highest BCUT2D eigenvalue weighted by molar-refractivity contribution is 5.79. The van der Waals surface area contributed by atoms with Crippen LogP contribution in [0, 0.1) is 0 Å². The predicted molar refractivity (Wildman–Crippen MR) is 120 cm³/mol. The van der Waals surface area contributed by atoms with Crippen molar-refractivity contribution in [2.24, 2.45) is 0 Å². The van der Waals surface area contributed by atoms with Crippen LogP contribution in [-0.2, 0) is 27.1 Å². The number of methoxy groups -OCH3 is 2. The Bertz CT molecular complexity index is 1030. The van der Waals surface area contributed by atoms with Crippen LogP contribution >= 0.6 is 0 Å². The smallest absolute Gasteiger partial charge is 0.307 e. The molecule has 0 radical (unpaired) electrons. The van der Waals surface area contributed by atoms with Crippen molar-refractivity contribution >= 4 is 5.97 Å². The lowest BCUT2D eigenvalue weighted by Crippen LogP contribution is -2.07. The number of aliphatic hydroxyl groups is 1. The van der Waals surface area contributed by atoms with Gasteiger partial charge in [-0.15, -0.1) is 0 Å². The quantitative estimate of drug-likeness (QED) is 0.369. The van der Waals surface area contributed by atoms with Gasteiger partial charge in [0.1, 0.15) is 23.0 Å². The van der Waals surface area contributed by atoms with E-state index in [1.807, 2.05) is 36.4 Å². The van der Waals surface area contributed by atoms with Gasteiger partial charge < -0.3 is 33.6 Å². The predicted octanol–water partition coefficient (Wildman–Crippen LogP) is 4.21. The van der Waals surface area contributed by atoms with Crippen LogP contribution in [0.5, 0.6) is 11.5 Å². The summed E-state index contributed by atoms with van der Waals surface area (Å²) in [6.07, 6.45) is 0.120. The zero-order chi connectivity index (χ0) is 23.6. The van der Waals surface area contributed by atoms with Crippen LogP contribution in [0.1, 0.15) is 29.4 Å². The Morgan fingerprint density at radius 3 is 2.42 bits per heavy atom. The SMILES string of the molecule is COCOc1cc(CC(=O)O)c(-c2ccc(CCC(O)c3ccccc3)o2)c(OCOC)c1. The lowest BCUT2D eigenvalue weighted by molar-refractivity contribution is -0.136. The molecule has 0 aliphatic carbocycles. The maximum Gasteiger partial charge on any atom is 0.307 e. The molecule has 176 valence electrons. The van der Waals surface area contributed by atoms with Gasteiger partial charge in [0, 0.05) is 26.7 Å². The minimum absolute atomic E-state index is 0.00418. The second-order valence-corrected chi connectivity index (χ2v) is 7.36. The average molecular weight is 456 g/mol. The molecule has 0 saturated carbocycles. The summed E-state index contributed by atoms with van der Waals surface area (Å²) >= 11 is 0. The van der Waals surface area contributed by atoms with Gasteiger partial charge in [0.15, 0.2) is 13.6 Å². The second-order valence-electron chi connectivity index (χ2n) is 7.36. The first-order valence-corrected chi connectivity index (χ1v) is 10.5. The van der Waals surface area contributed by atoms with Crippen LogP contribution in [0.25, 0.3) is 11.3 Å². The molecule has 8 nitrogen and oxygen atoms in total. The molecule has 2 aromatic carbocycles. The van der Waals surface area contributed by atoms with Gasteiger partial charge in [-0.1, -0.05) is 30.3 Å². The van der Waals surface area contributed by atoms with Gasteiger partial charge in [0.05, 0.1) is 18.1 Å². The van der Waals surface area contributed by atoms with Crippen molar-refractivity contribution in [1.82, 2.24) is 0 Å². The van der Waals surface area contributed by atoms with E-state index in [0.29, 0.717) is 47.0 Å². The summed E-state index contributed by atoms with van der Waals surface area (Å²) in [5, 5.41) is 19.9. The molecule has 0 amide bonds. The van der Waals surface area contributed by atoms with Crippen LogP contribution in [0.15, 0.2) is 59.0 Å². The van der Waals surface area contributed by atoms with Crippen molar-refractivity contribution in [3.8, 4) is 22.8 Å². The minimum Gasteiger partial charge on any atom is -0.481 e. The molecule has 0 aliphatic heterocycles. The number of aryl methyl sites for hydroxylation is 1. The summed E-state index contributed by atoms with van der Waals surface area (Å²) < 4.78 is 27.2. The van der Waals surface area contributed by atoms with Crippen LogP contribution in [0.3, 0.4) is 0 Å². The number of aliphatic carboxylic acids is 1. The molecule has 1 unspecified atom stereocenters. The van der Waals surface area contributed by atoms with E-state index in [9.17, 15) is 15.0 Å². The third kappa shape index (κ3) is 6.82. The highest BCUT2D eigenvalue weighted by Crippen LogP contribution is 2.39. The summed E-state index contributed by atoms with van der Waals surface area (Å²) in [6.45, 7) is -0.0334. The Morgan fingerprint density at radius 2 is 1.73 bits per heavy atom. The molecule has 0 spiro atoms. The van der Waals surface area contributed by atoms with Gasteiger partial charge in [-0.25, -0.2) is 0 Å². The molecule has 0 fully saturated rings. The van der Waals surface area contributed by atoms with E-state index in [4.69, 9.17) is 23.4 Å². The third-order valence-electron chi connectivity index (χ3n) is 4.93. The first-order chi connectivity index (χ1) is 16.0. The van der Waals surface area contributed by atoms with E-state index in [1.165, 1.54) is 14.2 Å². The normalized spacial score (nSPS) is 11.8. The first kappa shape index (κ1) is 24.3.